The lowest BCUT2D eigenvalue weighted by molar-refractivity contribution is 0.0948. The number of hydrogen-bond acceptors (Lipinski definition) is 3. The quantitative estimate of drug-likeness (QED) is 0.606. The summed E-state index contributed by atoms with van der Waals surface area (Å²) in [6.07, 6.45) is 0. The Morgan fingerprint density at radius 3 is 2.42 bits per heavy atom. The van der Waals surface area contributed by atoms with Gasteiger partial charge in [-0.2, -0.15) is 0 Å². The van der Waals surface area contributed by atoms with E-state index in [0.717, 1.165) is 16.9 Å². The van der Waals surface area contributed by atoms with E-state index in [2.05, 4.69) is 21.2 Å². The molecular weight excluding hydrogens is 394 g/mol. The average molecular weight is 414 g/mol. The van der Waals surface area contributed by atoms with E-state index in [4.69, 9.17) is 9.15 Å². The fraction of sp³-hybridized carbons (Fsp3) is 0.190. The van der Waals surface area contributed by atoms with Crippen molar-refractivity contribution >= 4 is 21.8 Å². The van der Waals surface area contributed by atoms with Gasteiger partial charge in [0.05, 0.1) is 10.0 Å². The van der Waals surface area contributed by atoms with Crippen molar-refractivity contribution in [1.82, 2.24) is 5.32 Å². The third-order valence-electron chi connectivity index (χ3n) is 4.06. The van der Waals surface area contributed by atoms with E-state index < -0.39 is 0 Å². The molecule has 1 N–H and O–H groups in total. The molecule has 0 aliphatic rings. The first kappa shape index (κ1) is 18.3. The molecule has 0 spiro atoms. The Bertz CT molecular complexity index is 903. The molecule has 26 heavy (non-hydrogen) atoms. The van der Waals surface area contributed by atoms with Crippen LogP contribution in [0.25, 0.3) is 0 Å². The van der Waals surface area contributed by atoms with Crippen molar-refractivity contribution in [2.24, 2.45) is 0 Å². The molecule has 134 valence electrons. The molecule has 0 saturated carbocycles. The molecule has 3 aromatic rings. The van der Waals surface area contributed by atoms with Crippen molar-refractivity contribution in [3.8, 4) is 5.75 Å². The highest BCUT2D eigenvalue weighted by atomic mass is 79.9. The molecule has 0 aliphatic carbocycles. The zero-order valence-corrected chi connectivity index (χ0v) is 16.3. The summed E-state index contributed by atoms with van der Waals surface area (Å²) in [6.45, 7) is 4.46. The van der Waals surface area contributed by atoms with Gasteiger partial charge < -0.3 is 14.5 Å². The monoisotopic (exact) mass is 413 g/mol. The summed E-state index contributed by atoms with van der Waals surface area (Å²) in [5, 5.41) is 2.94. The SMILES string of the molecule is Cc1oc(C)c(C(=O)NCc2ccccc2OCc2ccccc2)c1Br. The van der Waals surface area contributed by atoms with Crippen LogP contribution in [0.15, 0.2) is 63.5 Å². The second kappa shape index (κ2) is 8.23. The Hall–Kier alpha value is -2.53. The van der Waals surface area contributed by atoms with E-state index in [-0.39, 0.29) is 5.91 Å². The molecule has 0 saturated heterocycles. The number of halogens is 1. The topological polar surface area (TPSA) is 51.5 Å². The minimum atomic E-state index is -0.177. The van der Waals surface area contributed by atoms with Crippen LogP contribution in [0.3, 0.4) is 0 Å². The Labute approximate surface area is 161 Å². The molecule has 0 bridgehead atoms. The Morgan fingerprint density at radius 2 is 1.73 bits per heavy atom. The third kappa shape index (κ3) is 4.17. The summed E-state index contributed by atoms with van der Waals surface area (Å²) in [5.41, 5.74) is 2.55. The number of benzene rings is 2. The number of carbonyl (C=O) groups excluding carboxylic acids is 1. The fourth-order valence-corrected chi connectivity index (χ4v) is 3.25. The normalized spacial score (nSPS) is 10.6. The lowest BCUT2D eigenvalue weighted by Crippen LogP contribution is -2.23. The van der Waals surface area contributed by atoms with Gasteiger partial charge in [-0.15, -0.1) is 0 Å². The number of carbonyl (C=O) groups is 1. The second-order valence-corrected chi connectivity index (χ2v) is 6.76. The number of nitrogens with one attached hydrogen (secondary N) is 1. The van der Waals surface area contributed by atoms with E-state index >= 15 is 0 Å². The van der Waals surface area contributed by atoms with Gasteiger partial charge in [0.2, 0.25) is 0 Å². The summed E-state index contributed by atoms with van der Waals surface area (Å²) in [6, 6.07) is 17.7. The Morgan fingerprint density at radius 1 is 1.04 bits per heavy atom. The standard InChI is InChI=1S/C21H20BrNO3/c1-14-19(20(22)15(2)26-14)21(24)23-12-17-10-6-7-11-18(17)25-13-16-8-4-3-5-9-16/h3-11H,12-13H2,1-2H3,(H,23,24). The fourth-order valence-electron chi connectivity index (χ4n) is 2.71. The highest BCUT2D eigenvalue weighted by Gasteiger charge is 2.19. The minimum absolute atomic E-state index is 0.177. The molecule has 3 rings (SSSR count). The molecule has 1 heterocycles. The molecule has 0 atom stereocenters. The largest absolute Gasteiger partial charge is 0.489 e. The summed E-state index contributed by atoms with van der Waals surface area (Å²) in [4.78, 5) is 12.5. The number of rotatable bonds is 6. The number of aryl methyl sites for hydroxylation is 2. The van der Waals surface area contributed by atoms with Gasteiger partial charge in [0, 0.05) is 12.1 Å². The van der Waals surface area contributed by atoms with Crippen LogP contribution in [0, 0.1) is 13.8 Å². The van der Waals surface area contributed by atoms with Crippen LogP contribution < -0.4 is 10.1 Å². The number of furan rings is 1. The maximum atomic E-state index is 12.5. The highest BCUT2D eigenvalue weighted by molar-refractivity contribution is 9.10. The Balaban J connectivity index is 1.67. The van der Waals surface area contributed by atoms with Gasteiger partial charge in [-0.05, 0) is 41.4 Å². The lowest BCUT2D eigenvalue weighted by atomic mass is 10.1. The second-order valence-electron chi connectivity index (χ2n) is 5.97. The molecule has 0 radical (unpaired) electrons. The van der Waals surface area contributed by atoms with Crippen LogP contribution in [0.5, 0.6) is 5.75 Å². The van der Waals surface area contributed by atoms with Crippen LogP contribution in [0.2, 0.25) is 0 Å². The van der Waals surface area contributed by atoms with Gasteiger partial charge in [-0.3, -0.25) is 4.79 Å². The van der Waals surface area contributed by atoms with Gasteiger partial charge in [0.1, 0.15) is 23.9 Å². The first-order chi connectivity index (χ1) is 12.6. The lowest BCUT2D eigenvalue weighted by Gasteiger charge is -2.12. The molecule has 4 nitrogen and oxygen atoms in total. The first-order valence-corrected chi connectivity index (χ1v) is 9.14. The summed E-state index contributed by atoms with van der Waals surface area (Å²) >= 11 is 3.41. The van der Waals surface area contributed by atoms with Gasteiger partial charge in [0.25, 0.3) is 5.91 Å². The summed E-state index contributed by atoms with van der Waals surface area (Å²) in [7, 11) is 0. The van der Waals surface area contributed by atoms with Gasteiger partial charge in [-0.25, -0.2) is 0 Å². The van der Waals surface area contributed by atoms with Crippen molar-refractivity contribution in [1.29, 1.82) is 0 Å². The molecule has 0 aliphatic heterocycles. The number of hydrogen-bond donors (Lipinski definition) is 1. The predicted molar refractivity (Wildman–Crippen MR) is 104 cm³/mol. The van der Waals surface area contributed by atoms with E-state index in [9.17, 15) is 4.79 Å². The molecule has 0 unspecified atom stereocenters. The molecule has 1 aromatic heterocycles. The average Bonchev–Trinajstić information content (AvgIpc) is 2.91. The zero-order chi connectivity index (χ0) is 18.5. The predicted octanol–water partition coefficient (Wildman–Crippen LogP) is 5.17. The molecule has 2 aromatic carbocycles. The van der Waals surface area contributed by atoms with E-state index in [1.165, 1.54) is 0 Å². The van der Waals surface area contributed by atoms with E-state index in [1.807, 2.05) is 61.5 Å². The number of amides is 1. The molecule has 1 amide bonds. The molecule has 0 fully saturated rings. The maximum absolute atomic E-state index is 12.5. The van der Waals surface area contributed by atoms with Crippen molar-refractivity contribution in [2.75, 3.05) is 0 Å². The molecule has 5 heteroatoms. The number of ether oxygens (including phenoxy) is 1. The van der Waals surface area contributed by atoms with Gasteiger partial charge in [-0.1, -0.05) is 48.5 Å². The van der Waals surface area contributed by atoms with Crippen LogP contribution in [-0.4, -0.2) is 5.91 Å². The van der Waals surface area contributed by atoms with Gasteiger partial charge in [0.15, 0.2) is 0 Å². The smallest absolute Gasteiger partial charge is 0.256 e. The Kier molecular flexibility index (Phi) is 5.78. The molecular formula is C21H20BrNO3. The van der Waals surface area contributed by atoms with E-state index in [1.54, 1.807) is 6.92 Å². The first-order valence-electron chi connectivity index (χ1n) is 8.34. The van der Waals surface area contributed by atoms with Crippen LogP contribution in [0.1, 0.15) is 33.0 Å². The van der Waals surface area contributed by atoms with Crippen molar-refractivity contribution in [2.45, 2.75) is 27.0 Å². The van der Waals surface area contributed by atoms with Crippen LogP contribution >= 0.6 is 15.9 Å². The van der Waals surface area contributed by atoms with Crippen LogP contribution in [0.4, 0.5) is 0 Å². The zero-order valence-electron chi connectivity index (χ0n) is 14.7. The van der Waals surface area contributed by atoms with Crippen molar-refractivity contribution in [3.05, 3.63) is 87.3 Å². The minimum Gasteiger partial charge on any atom is -0.489 e. The summed E-state index contributed by atoms with van der Waals surface area (Å²) < 4.78 is 12.1. The van der Waals surface area contributed by atoms with Crippen molar-refractivity contribution < 1.29 is 13.9 Å². The highest BCUT2D eigenvalue weighted by Crippen LogP contribution is 2.27. The number of para-hydroxylation sites is 1. The van der Waals surface area contributed by atoms with Crippen molar-refractivity contribution in [3.63, 3.8) is 0 Å². The van der Waals surface area contributed by atoms with E-state index in [0.29, 0.717) is 34.7 Å². The third-order valence-corrected chi connectivity index (χ3v) is 5.02. The van der Waals surface area contributed by atoms with Crippen LogP contribution in [-0.2, 0) is 13.2 Å². The maximum Gasteiger partial charge on any atom is 0.256 e. The summed E-state index contributed by atoms with van der Waals surface area (Å²) in [5.74, 6) is 1.87. The van der Waals surface area contributed by atoms with Gasteiger partial charge >= 0.3 is 0 Å².